The summed E-state index contributed by atoms with van der Waals surface area (Å²) in [7, 11) is 0. The predicted molar refractivity (Wildman–Crippen MR) is 95.6 cm³/mol. The van der Waals surface area contributed by atoms with Crippen LogP contribution < -0.4 is 4.74 Å². The molecular weight excluding hydrogens is 316 g/mol. The first kappa shape index (κ1) is 17.5. The second-order valence-electron chi connectivity index (χ2n) is 7.24. The largest absolute Gasteiger partial charge is 0.488 e. The number of hydrogen-bond acceptors (Lipinski definition) is 4. The average molecular weight is 342 g/mol. The summed E-state index contributed by atoms with van der Waals surface area (Å²) in [4.78, 5) is 15.0. The molecule has 25 heavy (non-hydrogen) atoms. The van der Waals surface area contributed by atoms with E-state index in [2.05, 4.69) is 19.0 Å². The second kappa shape index (κ2) is 7.30. The van der Waals surface area contributed by atoms with E-state index in [-0.39, 0.29) is 5.91 Å². The van der Waals surface area contributed by atoms with Gasteiger partial charge in [0.2, 0.25) is 0 Å². The number of hydrogen-bond donors (Lipinski definition) is 0. The molecule has 0 unspecified atom stereocenters. The number of carbonyl (C=O) groups excluding carboxylic acids is 1. The lowest BCUT2D eigenvalue weighted by Crippen LogP contribution is -2.42. The monoisotopic (exact) mass is 342 g/mol. The van der Waals surface area contributed by atoms with Crippen LogP contribution in [0.3, 0.4) is 0 Å². The maximum absolute atomic E-state index is 13.0. The summed E-state index contributed by atoms with van der Waals surface area (Å²) < 4.78 is 11.1. The van der Waals surface area contributed by atoms with Crippen molar-refractivity contribution in [1.82, 2.24) is 10.1 Å². The van der Waals surface area contributed by atoms with Gasteiger partial charge in [0.15, 0.2) is 0 Å². The van der Waals surface area contributed by atoms with Crippen LogP contribution in [0.2, 0.25) is 0 Å². The molecule has 1 aromatic heterocycles. The van der Waals surface area contributed by atoms with Crippen molar-refractivity contribution in [2.24, 2.45) is 11.8 Å². The number of rotatable bonds is 4. The van der Waals surface area contributed by atoms with E-state index in [1.165, 1.54) is 6.42 Å². The van der Waals surface area contributed by atoms with Crippen LogP contribution in [0.25, 0.3) is 0 Å². The van der Waals surface area contributed by atoms with Crippen LogP contribution in [0.5, 0.6) is 5.75 Å². The Morgan fingerprint density at radius 3 is 2.56 bits per heavy atom. The number of carbonyl (C=O) groups is 1. The maximum Gasteiger partial charge on any atom is 0.257 e. The summed E-state index contributed by atoms with van der Waals surface area (Å²) in [5, 5.41) is 3.95. The van der Waals surface area contributed by atoms with Gasteiger partial charge in [0.1, 0.15) is 18.1 Å². The highest BCUT2D eigenvalue weighted by molar-refractivity contribution is 5.97. The number of para-hydroxylation sites is 1. The van der Waals surface area contributed by atoms with Crippen LogP contribution in [0.15, 0.2) is 28.8 Å². The summed E-state index contributed by atoms with van der Waals surface area (Å²) in [5.41, 5.74) is 2.37. The molecule has 1 aliphatic heterocycles. The maximum atomic E-state index is 13.0. The van der Waals surface area contributed by atoms with Gasteiger partial charge in [0.05, 0.1) is 16.8 Å². The Kier molecular flexibility index (Phi) is 5.11. The van der Waals surface area contributed by atoms with Gasteiger partial charge in [-0.3, -0.25) is 4.79 Å². The summed E-state index contributed by atoms with van der Waals surface area (Å²) in [6, 6.07) is 7.46. The first-order valence-electron chi connectivity index (χ1n) is 8.88. The molecule has 1 aliphatic rings. The quantitative estimate of drug-likeness (QED) is 0.843. The number of aromatic nitrogens is 1. The number of benzene rings is 1. The Balaban J connectivity index is 1.77. The third-order valence-corrected chi connectivity index (χ3v) is 4.83. The normalized spacial score (nSPS) is 20.6. The van der Waals surface area contributed by atoms with E-state index in [0.29, 0.717) is 29.8 Å². The molecule has 1 amide bonds. The molecular formula is C20H26N2O3. The van der Waals surface area contributed by atoms with E-state index in [1.54, 1.807) is 0 Å². The van der Waals surface area contributed by atoms with Crippen molar-refractivity contribution in [3.63, 3.8) is 0 Å². The lowest BCUT2D eigenvalue weighted by Gasteiger charge is -2.35. The molecule has 5 heteroatoms. The summed E-state index contributed by atoms with van der Waals surface area (Å²) in [6.45, 7) is 10.1. The summed E-state index contributed by atoms with van der Waals surface area (Å²) >= 11 is 0. The van der Waals surface area contributed by atoms with Crippen LogP contribution in [0.4, 0.5) is 0 Å². The molecule has 2 heterocycles. The fraction of sp³-hybridized carbons (Fsp3) is 0.500. The lowest BCUT2D eigenvalue weighted by molar-refractivity contribution is 0.0618. The van der Waals surface area contributed by atoms with Crippen molar-refractivity contribution < 1.29 is 14.1 Å². The molecule has 0 aliphatic carbocycles. The first-order chi connectivity index (χ1) is 12.0. The van der Waals surface area contributed by atoms with Crippen molar-refractivity contribution in [2.75, 3.05) is 13.1 Å². The Labute approximate surface area is 148 Å². The SMILES string of the molecule is Cc1noc(C)c1COc1ccccc1C(=O)N1C[C@H](C)C[C@H](C)C1. The molecule has 134 valence electrons. The van der Waals surface area contributed by atoms with E-state index in [1.807, 2.05) is 43.0 Å². The molecule has 1 fully saturated rings. The van der Waals surface area contributed by atoms with Gasteiger partial charge in [-0.2, -0.15) is 0 Å². The first-order valence-corrected chi connectivity index (χ1v) is 8.88. The van der Waals surface area contributed by atoms with Gasteiger partial charge >= 0.3 is 0 Å². The molecule has 2 aromatic rings. The van der Waals surface area contributed by atoms with E-state index < -0.39 is 0 Å². The highest BCUT2D eigenvalue weighted by Crippen LogP contribution is 2.27. The minimum Gasteiger partial charge on any atom is -0.488 e. The molecule has 0 saturated carbocycles. The molecule has 1 saturated heterocycles. The number of amides is 1. The molecule has 0 bridgehead atoms. The number of ether oxygens (including phenoxy) is 1. The smallest absolute Gasteiger partial charge is 0.257 e. The number of aryl methyl sites for hydroxylation is 2. The minimum absolute atomic E-state index is 0.0489. The van der Waals surface area contributed by atoms with Crippen molar-refractivity contribution >= 4 is 5.91 Å². The van der Waals surface area contributed by atoms with Crippen LogP contribution in [-0.4, -0.2) is 29.1 Å². The Morgan fingerprint density at radius 2 is 1.92 bits per heavy atom. The third kappa shape index (κ3) is 3.86. The van der Waals surface area contributed by atoms with Gasteiger partial charge in [-0.1, -0.05) is 31.1 Å². The second-order valence-corrected chi connectivity index (χ2v) is 7.24. The summed E-state index contributed by atoms with van der Waals surface area (Å²) in [6.07, 6.45) is 1.17. The molecule has 0 radical (unpaired) electrons. The summed E-state index contributed by atoms with van der Waals surface area (Å²) in [5.74, 6) is 2.47. The van der Waals surface area contributed by atoms with Crippen LogP contribution in [0, 0.1) is 25.7 Å². The fourth-order valence-corrected chi connectivity index (χ4v) is 3.63. The van der Waals surface area contributed by atoms with Crippen molar-refractivity contribution in [2.45, 2.75) is 40.7 Å². The van der Waals surface area contributed by atoms with E-state index in [0.717, 1.165) is 30.1 Å². The predicted octanol–water partition coefficient (Wildman–Crippen LogP) is 3.99. The lowest BCUT2D eigenvalue weighted by atomic mass is 9.91. The highest BCUT2D eigenvalue weighted by atomic mass is 16.5. The number of nitrogens with zero attached hydrogens (tertiary/aromatic N) is 2. The number of likely N-dealkylation sites (tertiary alicyclic amines) is 1. The van der Waals surface area contributed by atoms with Crippen LogP contribution >= 0.6 is 0 Å². The van der Waals surface area contributed by atoms with Gasteiger partial charge in [0, 0.05) is 13.1 Å². The Hall–Kier alpha value is -2.30. The molecule has 0 spiro atoms. The van der Waals surface area contributed by atoms with E-state index in [9.17, 15) is 4.79 Å². The molecule has 0 N–H and O–H groups in total. The zero-order chi connectivity index (χ0) is 18.0. The van der Waals surface area contributed by atoms with Crippen molar-refractivity contribution in [3.05, 3.63) is 46.8 Å². The van der Waals surface area contributed by atoms with Gasteiger partial charge in [-0.25, -0.2) is 0 Å². The van der Waals surface area contributed by atoms with Crippen LogP contribution in [0.1, 0.15) is 47.6 Å². The highest BCUT2D eigenvalue weighted by Gasteiger charge is 2.27. The molecule has 3 rings (SSSR count). The van der Waals surface area contributed by atoms with Crippen molar-refractivity contribution in [1.29, 1.82) is 0 Å². The number of piperidine rings is 1. The van der Waals surface area contributed by atoms with E-state index >= 15 is 0 Å². The van der Waals surface area contributed by atoms with Gasteiger partial charge in [-0.15, -0.1) is 0 Å². The standard InChI is InChI=1S/C20H26N2O3/c1-13-9-14(2)11-22(10-13)20(23)17-7-5-6-8-19(17)24-12-18-15(3)21-25-16(18)4/h5-8,13-14H,9-12H2,1-4H3/t13-,14+. The fourth-order valence-electron chi connectivity index (χ4n) is 3.63. The van der Waals surface area contributed by atoms with Crippen LogP contribution in [-0.2, 0) is 6.61 Å². The van der Waals surface area contributed by atoms with Gasteiger partial charge in [0.25, 0.3) is 5.91 Å². The minimum atomic E-state index is 0.0489. The molecule has 2 atom stereocenters. The zero-order valence-electron chi connectivity index (χ0n) is 15.4. The topological polar surface area (TPSA) is 55.6 Å². The van der Waals surface area contributed by atoms with E-state index in [4.69, 9.17) is 9.26 Å². The Bertz CT molecular complexity index is 724. The van der Waals surface area contributed by atoms with Gasteiger partial charge < -0.3 is 14.2 Å². The molecule has 1 aromatic carbocycles. The van der Waals surface area contributed by atoms with Crippen molar-refractivity contribution in [3.8, 4) is 5.75 Å². The van der Waals surface area contributed by atoms with Gasteiger partial charge in [-0.05, 0) is 44.2 Å². The third-order valence-electron chi connectivity index (χ3n) is 4.83. The Morgan fingerprint density at radius 1 is 1.24 bits per heavy atom. The zero-order valence-corrected chi connectivity index (χ0v) is 15.4. The molecule has 5 nitrogen and oxygen atoms in total. The average Bonchev–Trinajstić information content (AvgIpc) is 2.90.